The van der Waals surface area contributed by atoms with Gasteiger partial charge in [-0.3, -0.25) is 0 Å². The lowest BCUT2D eigenvalue weighted by molar-refractivity contribution is 0.817. The van der Waals surface area contributed by atoms with Crippen LogP contribution in [0.5, 0.6) is 0 Å². The Morgan fingerprint density at radius 1 is 0.875 bits per heavy atom. The fourth-order valence-electron chi connectivity index (χ4n) is 1.92. The number of hydrogen-bond donors (Lipinski definition) is 0. The Morgan fingerprint density at radius 3 is 1.44 bits per heavy atom. The van der Waals surface area contributed by atoms with Crippen molar-refractivity contribution in [3.05, 3.63) is 48.0 Å². The molecule has 0 bridgehead atoms. The molecule has 0 aliphatic heterocycles. The van der Waals surface area contributed by atoms with Crippen molar-refractivity contribution in [2.75, 3.05) is 0 Å². The third-order valence-electron chi connectivity index (χ3n) is 2.66. The summed E-state index contributed by atoms with van der Waals surface area (Å²) in [4.78, 5) is 0. The van der Waals surface area contributed by atoms with E-state index >= 15 is 0 Å². The average molecular weight is 220 g/mol. The summed E-state index contributed by atoms with van der Waals surface area (Å²) in [5.41, 5.74) is 4.46. The average Bonchev–Trinajstić information content (AvgIpc) is 2.20. The molecule has 0 atom stereocenters. The van der Waals surface area contributed by atoms with Crippen LogP contribution in [0.1, 0.15) is 63.6 Å². The lowest BCUT2D eigenvalue weighted by atomic mass is 9.90. The zero-order valence-corrected chi connectivity index (χ0v) is 10.8. The normalized spacial score (nSPS) is 9.44. The molecule has 0 aromatic heterocycles. The molecule has 0 aliphatic carbocycles. The van der Waals surface area contributed by atoms with Gasteiger partial charge in [-0.1, -0.05) is 53.3 Å². The molecule has 0 radical (unpaired) electrons. The number of hydrogen-bond acceptors (Lipinski definition) is 0. The highest BCUT2D eigenvalue weighted by molar-refractivity contribution is 5.37. The monoisotopic (exact) mass is 220 g/mol. The van der Waals surface area contributed by atoms with Crippen LogP contribution in [0.4, 0.5) is 0 Å². The molecule has 0 heterocycles. The Hall–Kier alpha value is -1.04. The quantitative estimate of drug-likeness (QED) is 0.562. The van der Waals surface area contributed by atoms with Gasteiger partial charge in [0.25, 0.3) is 0 Å². The maximum absolute atomic E-state index is 3.00. The fraction of sp³-hybridized carbons (Fsp3) is 0.500. The van der Waals surface area contributed by atoms with Gasteiger partial charge in [0.15, 0.2) is 0 Å². The van der Waals surface area contributed by atoms with Crippen molar-refractivity contribution in [1.82, 2.24) is 0 Å². The van der Waals surface area contributed by atoms with E-state index in [2.05, 4.69) is 66.0 Å². The van der Waals surface area contributed by atoms with Crippen molar-refractivity contribution < 1.29 is 0 Å². The van der Waals surface area contributed by atoms with Crippen molar-refractivity contribution in [3.63, 3.8) is 0 Å². The first-order valence-electron chi connectivity index (χ1n) is 5.63. The summed E-state index contributed by atoms with van der Waals surface area (Å²) in [5, 5.41) is 0. The first kappa shape index (κ1) is 17.4. The molecular formula is C16H28. The van der Waals surface area contributed by atoms with E-state index in [1.54, 1.807) is 0 Å². The summed E-state index contributed by atoms with van der Waals surface area (Å²) in [6, 6.07) is 6.66. The van der Waals surface area contributed by atoms with Crippen LogP contribution in [-0.4, -0.2) is 0 Å². The molecule has 1 aromatic rings. The molecule has 0 unspecified atom stereocenters. The van der Waals surface area contributed by atoms with E-state index in [1.807, 2.05) is 0 Å². The van der Waals surface area contributed by atoms with Crippen molar-refractivity contribution in [2.24, 2.45) is 0 Å². The van der Waals surface area contributed by atoms with Gasteiger partial charge in [0.05, 0.1) is 0 Å². The molecule has 0 spiro atoms. The maximum atomic E-state index is 3.00. The van der Waals surface area contributed by atoms with Crippen LogP contribution in [0.2, 0.25) is 0 Å². The van der Waals surface area contributed by atoms with E-state index in [0.717, 1.165) is 0 Å². The summed E-state index contributed by atoms with van der Waals surface area (Å²) >= 11 is 0. The molecule has 0 heteroatoms. The van der Waals surface area contributed by atoms with E-state index in [1.165, 1.54) is 16.7 Å². The smallest absolute Gasteiger partial charge is 0.0216 e. The van der Waals surface area contributed by atoms with Crippen LogP contribution in [0, 0.1) is 6.92 Å². The third kappa shape index (κ3) is 4.22. The van der Waals surface area contributed by atoms with Gasteiger partial charge in [0.2, 0.25) is 0 Å². The van der Waals surface area contributed by atoms with Gasteiger partial charge in [-0.25, -0.2) is 0 Å². The summed E-state index contributed by atoms with van der Waals surface area (Å²) in [6.45, 7) is 17.3. The highest BCUT2D eigenvalue weighted by Gasteiger charge is 2.08. The van der Waals surface area contributed by atoms with Crippen molar-refractivity contribution in [2.45, 2.75) is 53.9 Å². The molecule has 1 aromatic carbocycles. The van der Waals surface area contributed by atoms with Crippen molar-refractivity contribution >= 4 is 0 Å². The highest BCUT2D eigenvalue weighted by Crippen LogP contribution is 2.26. The minimum Gasteiger partial charge on any atom is -0.106 e. The van der Waals surface area contributed by atoms with Crippen LogP contribution in [0.25, 0.3) is 0 Å². The maximum Gasteiger partial charge on any atom is -0.0216 e. The van der Waals surface area contributed by atoms with Crippen molar-refractivity contribution in [3.8, 4) is 0 Å². The molecule has 16 heavy (non-hydrogen) atoms. The van der Waals surface area contributed by atoms with Crippen LogP contribution in [0.15, 0.2) is 31.4 Å². The second-order valence-corrected chi connectivity index (χ2v) is 4.37. The Balaban J connectivity index is 0. The Bertz CT molecular complexity index is 269. The summed E-state index contributed by atoms with van der Waals surface area (Å²) < 4.78 is 0. The van der Waals surface area contributed by atoms with Gasteiger partial charge in [-0.2, -0.15) is 0 Å². The van der Waals surface area contributed by atoms with E-state index in [-0.39, 0.29) is 7.43 Å². The first-order valence-corrected chi connectivity index (χ1v) is 5.63. The molecule has 0 saturated carbocycles. The number of benzene rings is 1. The molecular weight excluding hydrogens is 192 g/mol. The van der Waals surface area contributed by atoms with Gasteiger partial charge in [0, 0.05) is 0 Å². The summed E-state index contributed by atoms with van der Waals surface area (Å²) in [6.07, 6.45) is 0. The molecule has 92 valence electrons. The lowest BCUT2D eigenvalue weighted by Gasteiger charge is -2.16. The van der Waals surface area contributed by atoms with Crippen LogP contribution < -0.4 is 0 Å². The molecule has 0 aliphatic rings. The summed E-state index contributed by atoms with van der Waals surface area (Å²) in [7, 11) is 0. The Labute approximate surface area is 102 Å². The van der Waals surface area contributed by atoms with Crippen LogP contribution >= 0.6 is 0 Å². The van der Waals surface area contributed by atoms with Gasteiger partial charge >= 0.3 is 0 Å². The second kappa shape index (κ2) is 8.15. The zero-order valence-electron chi connectivity index (χ0n) is 10.8. The Morgan fingerprint density at radius 2 is 1.19 bits per heavy atom. The van der Waals surface area contributed by atoms with Gasteiger partial charge in [-0.05, 0) is 35.4 Å². The SMILES string of the molecule is C.C=C.Cc1c(C(C)C)cccc1C(C)C. The zero-order chi connectivity index (χ0) is 12.0. The van der Waals surface area contributed by atoms with Crippen LogP contribution in [-0.2, 0) is 0 Å². The predicted octanol–water partition coefficient (Wildman–Crippen LogP) is 5.68. The van der Waals surface area contributed by atoms with Gasteiger partial charge < -0.3 is 0 Å². The predicted molar refractivity (Wildman–Crippen MR) is 77.3 cm³/mol. The topological polar surface area (TPSA) is 0 Å². The van der Waals surface area contributed by atoms with Crippen LogP contribution in [0.3, 0.4) is 0 Å². The van der Waals surface area contributed by atoms with Gasteiger partial charge in [0.1, 0.15) is 0 Å². The minimum atomic E-state index is 0. The first-order chi connectivity index (χ1) is 7.04. The lowest BCUT2D eigenvalue weighted by Crippen LogP contribution is -1.98. The largest absolute Gasteiger partial charge is 0.106 e. The van der Waals surface area contributed by atoms with E-state index in [4.69, 9.17) is 0 Å². The minimum absolute atomic E-state index is 0. The third-order valence-corrected chi connectivity index (χ3v) is 2.66. The fourth-order valence-corrected chi connectivity index (χ4v) is 1.92. The molecule has 0 fully saturated rings. The molecule has 0 saturated heterocycles. The van der Waals surface area contributed by atoms with Gasteiger partial charge in [-0.15, -0.1) is 13.2 Å². The summed E-state index contributed by atoms with van der Waals surface area (Å²) in [5.74, 6) is 1.28. The molecule has 0 N–H and O–H groups in total. The van der Waals surface area contributed by atoms with E-state index in [0.29, 0.717) is 11.8 Å². The van der Waals surface area contributed by atoms with E-state index < -0.39 is 0 Å². The number of rotatable bonds is 2. The molecule has 1 rings (SSSR count). The highest BCUT2D eigenvalue weighted by atomic mass is 14.1. The molecule has 0 amide bonds. The Kier molecular flexibility index (Phi) is 8.84. The van der Waals surface area contributed by atoms with Crippen molar-refractivity contribution in [1.29, 1.82) is 0 Å². The van der Waals surface area contributed by atoms with E-state index in [9.17, 15) is 0 Å². The standard InChI is InChI=1S/C13H20.C2H4.CH4/c1-9(2)12-7-6-8-13(10(3)4)11(12)5;1-2;/h6-10H,1-5H3;1-2H2;1H4. The second-order valence-electron chi connectivity index (χ2n) is 4.37. The molecule has 0 nitrogen and oxygen atoms in total.